The van der Waals surface area contributed by atoms with Gasteiger partial charge in [0, 0.05) is 23.7 Å². The molecule has 0 saturated carbocycles. The van der Waals surface area contributed by atoms with E-state index in [4.69, 9.17) is 8.92 Å². The molecule has 2 aromatic carbocycles. The van der Waals surface area contributed by atoms with Crippen LogP contribution in [0.25, 0.3) is 0 Å². The van der Waals surface area contributed by atoms with E-state index >= 15 is 0 Å². The van der Waals surface area contributed by atoms with E-state index in [0.29, 0.717) is 16.2 Å². The molecule has 0 spiro atoms. The van der Waals surface area contributed by atoms with Crippen LogP contribution in [0.3, 0.4) is 0 Å². The van der Waals surface area contributed by atoms with E-state index in [0.717, 1.165) is 12.0 Å². The van der Waals surface area contributed by atoms with E-state index in [-0.39, 0.29) is 17.1 Å². The molecular weight excluding hydrogens is 276 g/mol. The molecule has 0 unspecified atom stereocenters. The predicted octanol–water partition coefficient (Wildman–Crippen LogP) is 3.29. The van der Waals surface area contributed by atoms with Crippen molar-refractivity contribution in [2.75, 3.05) is 14.2 Å². The van der Waals surface area contributed by atoms with Gasteiger partial charge in [-0.05, 0) is 6.07 Å². The molecule has 0 aliphatic rings. The number of benzene rings is 2. The number of ether oxygens (including phenoxy) is 1. The average Bonchev–Trinajstić information content (AvgIpc) is 2.49. The van der Waals surface area contributed by atoms with Crippen LogP contribution in [0.5, 0.6) is 11.5 Å². The van der Waals surface area contributed by atoms with Gasteiger partial charge in [0.2, 0.25) is 0 Å². The van der Waals surface area contributed by atoms with E-state index in [2.05, 4.69) is 0 Å². The van der Waals surface area contributed by atoms with Crippen LogP contribution in [0.1, 0.15) is 15.9 Å². The number of methoxy groups -OCH3 is 1. The van der Waals surface area contributed by atoms with Crippen molar-refractivity contribution in [1.82, 2.24) is 0 Å². The Morgan fingerprint density at radius 1 is 1.15 bits per heavy atom. The van der Waals surface area contributed by atoms with Gasteiger partial charge in [0.25, 0.3) is 0 Å². The van der Waals surface area contributed by atoms with Crippen molar-refractivity contribution >= 4 is 17.8 Å². The molecule has 0 bridgehead atoms. The summed E-state index contributed by atoms with van der Waals surface area (Å²) in [4.78, 5) is 13.0. The second-order valence-electron chi connectivity index (χ2n) is 3.97. The van der Waals surface area contributed by atoms with Crippen molar-refractivity contribution in [3.8, 4) is 11.5 Å². The molecule has 104 valence electrons. The smallest absolute Gasteiger partial charge is 0.196 e. The molecule has 0 fully saturated rings. The number of hydrogen-bond acceptors (Lipinski definition) is 5. The fourth-order valence-corrected chi connectivity index (χ4v) is 2.36. The summed E-state index contributed by atoms with van der Waals surface area (Å²) in [7, 11) is 3.02. The molecule has 0 aromatic heterocycles. The van der Waals surface area contributed by atoms with E-state index < -0.39 is 0 Å². The predicted molar refractivity (Wildman–Crippen MR) is 77.4 cm³/mol. The van der Waals surface area contributed by atoms with Crippen LogP contribution in [0.4, 0.5) is 0 Å². The molecule has 0 aliphatic carbocycles. The van der Waals surface area contributed by atoms with Gasteiger partial charge in [-0.1, -0.05) is 30.3 Å². The lowest BCUT2D eigenvalue weighted by Crippen LogP contribution is -2.02. The highest BCUT2D eigenvalue weighted by molar-refractivity contribution is 7.94. The second-order valence-corrected chi connectivity index (χ2v) is 4.91. The summed E-state index contributed by atoms with van der Waals surface area (Å²) in [6.45, 7) is 0. The first-order valence-electron chi connectivity index (χ1n) is 5.88. The Bertz CT molecular complexity index is 611. The zero-order valence-corrected chi connectivity index (χ0v) is 11.9. The molecule has 0 atom stereocenters. The number of carbonyl (C=O) groups excluding carboxylic acids is 1. The quantitative estimate of drug-likeness (QED) is 0.676. The minimum absolute atomic E-state index is 0.115. The Morgan fingerprint density at radius 3 is 2.45 bits per heavy atom. The van der Waals surface area contributed by atoms with Crippen LogP contribution in [0, 0.1) is 0 Å². The maximum atomic E-state index is 12.4. The van der Waals surface area contributed by atoms with E-state index in [9.17, 15) is 9.90 Å². The lowest BCUT2D eigenvalue weighted by atomic mass is 10.0. The van der Waals surface area contributed by atoms with Gasteiger partial charge in [0.05, 0.1) is 24.7 Å². The van der Waals surface area contributed by atoms with Gasteiger partial charge in [-0.3, -0.25) is 4.79 Å². The number of hydrogen-bond donors (Lipinski definition) is 1. The maximum absolute atomic E-state index is 12.4. The van der Waals surface area contributed by atoms with Crippen molar-refractivity contribution in [3.05, 3.63) is 53.6 Å². The van der Waals surface area contributed by atoms with Crippen LogP contribution in [0.2, 0.25) is 0 Å². The Morgan fingerprint density at radius 2 is 1.85 bits per heavy atom. The summed E-state index contributed by atoms with van der Waals surface area (Å²) >= 11 is 1.07. The van der Waals surface area contributed by atoms with Crippen molar-refractivity contribution in [1.29, 1.82) is 0 Å². The summed E-state index contributed by atoms with van der Waals surface area (Å²) in [5.74, 6) is 0.0961. The number of carbonyl (C=O) groups is 1. The van der Waals surface area contributed by atoms with E-state index in [1.165, 1.54) is 20.3 Å². The second kappa shape index (κ2) is 6.45. The van der Waals surface area contributed by atoms with Crippen LogP contribution < -0.4 is 4.74 Å². The van der Waals surface area contributed by atoms with Crippen LogP contribution in [-0.2, 0) is 4.18 Å². The Hall–Kier alpha value is -1.98. The van der Waals surface area contributed by atoms with Gasteiger partial charge in [0.1, 0.15) is 11.5 Å². The monoisotopic (exact) mass is 290 g/mol. The largest absolute Gasteiger partial charge is 0.507 e. The number of rotatable bonds is 5. The molecule has 0 saturated heterocycles. The molecule has 0 heterocycles. The van der Waals surface area contributed by atoms with Crippen molar-refractivity contribution in [2.45, 2.75) is 4.90 Å². The van der Waals surface area contributed by atoms with Gasteiger partial charge >= 0.3 is 0 Å². The molecule has 0 amide bonds. The fraction of sp³-hybridized carbons (Fsp3) is 0.133. The zero-order chi connectivity index (χ0) is 14.5. The van der Waals surface area contributed by atoms with Gasteiger partial charge in [0.15, 0.2) is 5.78 Å². The van der Waals surface area contributed by atoms with Crippen LogP contribution in [0.15, 0.2) is 47.4 Å². The summed E-state index contributed by atoms with van der Waals surface area (Å²) in [6, 6.07) is 11.8. The molecule has 5 heteroatoms. The maximum Gasteiger partial charge on any atom is 0.196 e. The number of ketones is 1. The van der Waals surface area contributed by atoms with Gasteiger partial charge < -0.3 is 14.0 Å². The van der Waals surface area contributed by atoms with Crippen molar-refractivity contribution in [3.63, 3.8) is 0 Å². The Labute approximate surface area is 121 Å². The summed E-state index contributed by atoms with van der Waals surface area (Å²) in [6.07, 6.45) is 0. The Kier molecular flexibility index (Phi) is 4.65. The molecular formula is C15H14O4S. The first-order valence-corrected chi connectivity index (χ1v) is 6.63. The third-order valence-electron chi connectivity index (χ3n) is 2.74. The standard InChI is InChI=1S/C15H14O4S/c1-18-13-9-12(16)11(8-14(13)20-19-2)15(17)10-6-4-3-5-7-10/h3-9,16H,1-2H3. The number of phenolic OH excluding ortho intramolecular Hbond substituents is 1. The lowest BCUT2D eigenvalue weighted by Gasteiger charge is -2.11. The molecule has 1 N–H and O–H groups in total. The molecule has 4 nitrogen and oxygen atoms in total. The molecule has 0 aliphatic heterocycles. The SMILES string of the molecule is COSc1cc(C(=O)c2ccccc2)c(O)cc1OC. The molecule has 0 radical (unpaired) electrons. The highest BCUT2D eigenvalue weighted by Gasteiger charge is 2.17. The summed E-state index contributed by atoms with van der Waals surface area (Å²) in [5, 5.41) is 10.00. The van der Waals surface area contributed by atoms with Gasteiger partial charge in [-0.2, -0.15) is 0 Å². The highest BCUT2D eigenvalue weighted by atomic mass is 32.2. The number of phenols is 1. The third-order valence-corrected chi connectivity index (χ3v) is 3.40. The van der Waals surface area contributed by atoms with Gasteiger partial charge in [-0.15, -0.1) is 0 Å². The first kappa shape index (κ1) is 14.4. The third kappa shape index (κ3) is 2.95. The topological polar surface area (TPSA) is 55.8 Å². The minimum Gasteiger partial charge on any atom is -0.507 e. The average molecular weight is 290 g/mol. The first-order chi connectivity index (χ1) is 9.67. The van der Waals surface area contributed by atoms with Gasteiger partial charge in [-0.25, -0.2) is 0 Å². The van der Waals surface area contributed by atoms with Crippen LogP contribution >= 0.6 is 12.0 Å². The van der Waals surface area contributed by atoms with Crippen molar-refractivity contribution in [2.24, 2.45) is 0 Å². The van der Waals surface area contributed by atoms with E-state index in [1.807, 2.05) is 6.07 Å². The summed E-state index contributed by atoms with van der Waals surface area (Å²) in [5.41, 5.74) is 0.734. The highest BCUT2D eigenvalue weighted by Crippen LogP contribution is 2.36. The molecule has 2 aromatic rings. The fourth-order valence-electron chi connectivity index (χ4n) is 1.79. The molecule has 20 heavy (non-hydrogen) atoms. The zero-order valence-electron chi connectivity index (χ0n) is 11.1. The minimum atomic E-state index is -0.247. The van der Waals surface area contributed by atoms with E-state index in [1.54, 1.807) is 30.3 Å². The normalized spacial score (nSPS) is 10.3. The lowest BCUT2D eigenvalue weighted by molar-refractivity contribution is 0.103. The molecule has 2 rings (SSSR count). The Balaban J connectivity index is 2.46. The number of aromatic hydroxyl groups is 1. The van der Waals surface area contributed by atoms with Crippen LogP contribution in [-0.4, -0.2) is 25.1 Å². The van der Waals surface area contributed by atoms with Crippen molar-refractivity contribution < 1.29 is 18.8 Å². The summed E-state index contributed by atoms with van der Waals surface area (Å²) < 4.78 is 10.1.